The van der Waals surface area contributed by atoms with E-state index in [1.807, 2.05) is 6.07 Å². The first-order valence-electron chi connectivity index (χ1n) is 7.55. The van der Waals surface area contributed by atoms with Crippen LogP contribution in [0.4, 0.5) is 17.6 Å². The molecule has 0 bridgehead atoms. The van der Waals surface area contributed by atoms with Crippen molar-refractivity contribution in [3.8, 4) is 11.3 Å². The van der Waals surface area contributed by atoms with Gasteiger partial charge < -0.3 is 21.1 Å². The number of nitrogens with two attached hydrogens (primary N) is 2. The molecule has 24 heavy (non-hydrogen) atoms. The average Bonchev–Trinajstić information content (AvgIpc) is 2.62. The molecule has 1 fully saturated rings. The van der Waals surface area contributed by atoms with Crippen LogP contribution in [0.1, 0.15) is 0 Å². The number of morpholine rings is 1. The normalized spacial score (nSPS) is 14.9. The highest BCUT2D eigenvalue weighted by atomic mass is 16.5. The first-order chi connectivity index (χ1) is 11.7. The number of ether oxygens (including phenoxy) is 1. The molecule has 9 heteroatoms. The minimum absolute atomic E-state index is 0.181. The molecule has 122 valence electrons. The minimum atomic E-state index is 0.181. The van der Waals surface area contributed by atoms with E-state index in [0.717, 1.165) is 18.7 Å². The summed E-state index contributed by atoms with van der Waals surface area (Å²) < 4.78 is 5.40. The summed E-state index contributed by atoms with van der Waals surface area (Å²) in [5, 5.41) is 0. The zero-order valence-electron chi connectivity index (χ0n) is 12.9. The monoisotopic (exact) mass is 324 g/mol. The third-order valence-electron chi connectivity index (χ3n) is 3.80. The fourth-order valence-corrected chi connectivity index (χ4v) is 2.60. The van der Waals surface area contributed by atoms with Gasteiger partial charge in [0.15, 0.2) is 17.0 Å². The summed E-state index contributed by atoms with van der Waals surface area (Å²) in [6.45, 7) is 2.72. The Morgan fingerprint density at radius 3 is 2.54 bits per heavy atom. The molecule has 1 aliphatic rings. The lowest BCUT2D eigenvalue weighted by Gasteiger charge is -2.28. The number of rotatable bonds is 2. The molecule has 3 aromatic rings. The molecule has 0 saturated carbocycles. The number of aromatic nitrogens is 5. The summed E-state index contributed by atoms with van der Waals surface area (Å²) in [5.41, 5.74) is 14.0. The molecule has 4 N–H and O–H groups in total. The Labute approximate surface area is 137 Å². The summed E-state index contributed by atoms with van der Waals surface area (Å²) in [7, 11) is 0. The van der Waals surface area contributed by atoms with Gasteiger partial charge in [0.25, 0.3) is 0 Å². The molecule has 4 rings (SSSR count). The number of nitrogens with zero attached hydrogens (tertiary/aromatic N) is 6. The number of hydrogen-bond acceptors (Lipinski definition) is 9. The standard InChI is InChI=1S/C15H16N8O/c16-11-2-1-9(7-18-11)10-8-19-13-12(20-10)14(22-15(17)21-13)23-3-5-24-6-4-23/h1-2,7-8H,3-6H2,(H2,16,18)(H2,17,19,21,22). The summed E-state index contributed by atoms with van der Waals surface area (Å²) in [5.74, 6) is 1.32. The van der Waals surface area contributed by atoms with Crippen molar-refractivity contribution in [1.82, 2.24) is 24.9 Å². The molecule has 1 aliphatic heterocycles. The van der Waals surface area contributed by atoms with Crippen molar-refractivity contribution in [2.24, 2.45) is 0 Å². The first kappa shape index (κ1) is 14.5. The van der Waals surface area contributed by atoms with Gasteiger partial charge in [-0.3, -0.25) is 0 Å². The van der Waals surface area contributed by atoms with E-state index in [4.69, 9.17) is 16.2 Å². The lowest BCUT2D eigenvalue weighted by Crippen LogP contribution is -2.37. The zero-order chi connectivity index (χ0) is 16.5. The molecule has 0 unspecified atom stereocenters. The maximum Gasteiger partial charge on any atom is 0.224 e. The van der Waals surface area contributed by atoms with Gasteiger partial charge in [0.2, 0.25) is 5.95 Å². The minimum Gasteiger partial charge on any atom is -0.384 e. The second-order valence-electron chi connectivity index (χ2n) is 5.40. The van der Waals surface area contributed by atoms with Gasteiger partial charge in [-0.15, -0.1) is 0 Å². The smallest absolute Gasteiger partial charge is 0.224 e. The lowest BCUT2D eigenvalue weighted by molar-refractivity contribution is 0.122. The number of fused-ring (bicyclic) bond motifs is 1. The number of pyridine rings is 1. The molecule has 0 aromatic carbocycles. The molecule has 0 amide bonds. The topological polar surface area (TPSA) is 129 Å². The van der Waals surface area contributed by atoms with Crippen LogP contribution in [-0.4, -0.2) is 51.2 Å². The maximum atomic E-state index is 5.83. The quantitative estimate of drug-likeness (QED) is 0.691. The summed E-state index contributed by atoms with van der Waals surface area (Å²) in [6, 6.07) is 3.58. The van der Waals surface area contributed by atoms with Crippen LogP contribution in [0, 0.1) is 0 Å². The van der Waals surface area contributed by atoms with E-state index in [-0.39, 0.29) is 5.95 Å². The number of anilines is 3. The fraction of sp³-hybridized carbons (Fsp3) is 0.267. The summed E-state index contributed by atoms with van der Waals surface area (Å²) >= 11 is 0. The van der Waals surface area contributed by atoms with Gasteiger partial charge in [0.05, 0.1) is 25.1 Å². The molecule has 0 aliphatic carbocycles. The number of hydrogen-bond donors (Lipinski definition) is 2. The van der Waals surface area contributed by atoms with Crippen molar-refractivity contribution < 1.29 is 4.74 Å². The van der Waals surface area contributed by atoms with Gasteiger partial charge in [-0.05, 0) is 12.1 Å². The van der Waals surface area contributed by atoms with Crippen molar-refractivity contribution in [3.05, 3.63) is 24.5 Å². The van der Waals surface area contributed by atoms with Gasteiger partial charge >= 0.3 is 0 Å². The highest BCUT2D eigenvalue weighted by molar-refractivity contribution is 5.85. The van der Waals surface area contributed by atoms with E-state index in [0.29, 0.717) is 41.7 Å². The molecular formula is C15H16N8O. The van der Waals surface area contributed by atoms with Crippen LogP contribution in [0.2, 0.25) is 0 Å². The van der Waals surface area contributed by atoms with Crippen LogP contribution >= 0.6 is 0 Å². The predicted molar refractivity (Wildman–Crippen MR) is 90.2 cm³/mol. The van der Waals surface area contributed by atoms with E-state index >= 15 is 0 Å². The second-order valence-corrected chi connectivity index (χ2v) is 5.40. The van der Waals surface area contributed by atoms with Crippen molar-refractivity contribution >= 4 is 28.7 Å². The third kappa shape index (κ3) is 2.65. The van der Waals surface area contributed by atoms with Crippen LogP contribution < -0.4 is 16.4 Å². The van der Waals surface area contributed by atoms with Gasteiger partial charge in [0, 0.05) is 24.8 Å². The van der Waals surface area contributed by atoms with Crippen molar-refractivity contribution in [1.29, 1.82) is 0 Å². The van der Waals surface area contributed by atoms with Gasteiger partial charge in [0.1, 0.15) is 5.82 Å². The molecule has 1 saturated heterocycles. The highest BCUT2D eigenvalue weighted by Gasteiger charge is 2.19. The third-order valence-corrected chi connectivity index (χ3v) is 3.80. The maximum absolute atomic E-state index is 5.83. The molecule has 4 heterocycles. The Hall–Kier alpha value is -3.07. The Kier molecular flexibility index (Phi) is 3.54. The predicted octanol–water partition coefficient (Wildman–Crippen LogP) is 0.483. The second kappa shape index (κ2) is 5.85. The Bertz CT molecular complexity index is 877. The van der Waals surface area contributed by atoms with Crippen molar-refractivity contribution in [2.45, 2.75) is 0 Å². The van der Waals surface area contributed by atoms with Gasteiger partial charge in [-0.25, -0.2) is 15.0 Å². The van der Waals surface area contributed by atoms with Gasteiger partial charge in [-0.2, -0.15) is 9.97 Å². The van der Waals surface area contributed by atoms with Crippen molar-refractivity contribution in [3.63, 3.8) is 0 Å². The van der Waals surface area contributed by atoms with Crippen LogP contribution in [0.15, 0.2) is 24.5 Å². The van der Waals surface area contributed by atoms with E-state index in [1.165, 1.54) is 0 Å². The van der Waals surface area contributed by atoms with E-state index < -0.39 is 0 Å². The fourth-order valence-electron chi connectivity index (χ4n) is 2.60. The van der Waals surface area contributed by atoms with Crippen LogP contribution in [0.25, 0.3) is 22.4 Å². The Morgan fingerprint density at radius 2 is 1.79 bits per heavy atom. The largest absolute Gasteiger partial charge is 0.384 e. The molecule has 0 radical (unpaired) electrons. The first-order valence-corrected chi connectivity index (χ1v) is 7.55. The summed E-state index contributed by atoms with van der Waals surface area (Å²) in [4.78, 5) is 23.8. The molecule has 0 atom stereocenters. The Balaban J connectivity index is 1.85. The summed E-state index contributed by atoms with van der Waals surface area (Å²) in [6.07, 6.45) is 3.31. The SMILES string of the molecule is Nc1ccc(-c2cnc3nc(N)nc(N4CCOCC4)c3n2)cn1. The molecule has 9 nitrogen and oxygen atoms in total. The van der Waals surface area contributed by atoms with Crippen molar-refractivity contribution in [2.75, 3.05) is 42.7 Å². The lowest BCUT2D eigenvalue weighted by atomic mass is 10.2. The average molecular weight is 324 g/mol. The molecular weight excluding hydrogens is 308 g/mol. The molecule has 0 spiro atoms. The van der Waals surface area contributed by atoms with Gasteiger partial charge in [-0.1, -0.05) is 0 Å². The van der Waals surface area contributed by atoms with E-state index in [2.05, 4.69) is 29.8 Å². The van der Waals surface area contributed by atoms with Crippen LogP contribution in [0.3, 0.4) is 0 Å². The van der Waals surface area contributed by atoms with E-state index in [9.17, 15) is 0 Å². The molecule has 3 aromatic heterocycles. The number of nitrogen functional groups attached to an aromatic ring is 2. The van der Waals surface area contributed by atoms with Crippen LogP contribution in [-0.2, 0) is 4.74 Å². The highest BCUT2D eigenvalue weighted by Crippen LogP contribution is 2.25. The zero-order valence-corrected chi connectivity index (χ0v) is 12.9. The van der Waals surface area contributed by atoms with E-state index in [1.54, 1.807) is 18.5 Å². The van der Waals surface area contributed by atoms with Crippen LogP contribution in [0.5, 0.6) is 0 Å². The Morgan fingerprint density at radius 1 is 0.958 bits per heavy atom.